The standard InChI is InChI=1S/C23H24ClN3O2S/c1-3-13-27-22(29)20(15-21(28)25-12-11-17-7-5-4-6-8-17)30-23(27)26-18-10-9-16(2)19(24)14-18/h3-10,14,20H,1,11-13,15H2,2H3,(H,25,28)/t20-/m1/s1. The Morgan fingerprint density at radius 3 is 2.77 bits per heavy atom. The highest BCUT2D eigenvalue weighted by atomic mass is 35.5. The Balaban J connectivity index is 1.63. The number of aryl methyl sites for hydroxylation is 1. The van der Waals surface area contributed by atoms with Crippen LogP contribution in [0, 0.1) is 6.92 Å². The number of rotatable bonds is 8. The Labute approximate surface area is 186 Å². The Hall–Kier alpha value is -2.57. The van der Waals surface area contributed by atoms with Gasteiger partial charge in [0.2, 0.25) is 11.8 Å². The molecule has 0 bridgehead atoms. The summed E-state index contributed by atoms with van der Waals surface area (Å²) in [6.45, 7) is 6.52. The number of halogens is 1. The third-order valence-corrected chi connectivity index (χ3v) is 6.24. The molecule has 1 atom stereocenters. The van der Waals surface area contributed by atoms with Crippen LogP contribution in [0.15, 0.2) is 66.2 Å². The van der Waals surface area contributed by atoms with E-state index >= 15 is 0 Å². The predicted molar refractivity (Wildman–Crippen MR) is 124 cm³/mol. The average molecular weight is 442 g/mol. The van der Waals surface area contributed by atoms with Gasteiger partial charge in [-0.1, -0.05) is 65.8 Å². The highest BCUT2D eigenvalue weighted by Crippen LogP contribution is 2.32. The van der Waals surface area contributed by atoms with E-state index in [0.717, 1.165) is 17.5 Å². The van der Waals surface area contributed by atoms with E-state index in [9.17, 15) is 9.59 Å². The van der Waals surface area contributed by atoms with Crippen molar-refractivity contribution in [3.05, 3.63) is 77.3 Å². The van der Waals surface area contributed by atoms with Crippen molar-refractivity contribution in [3.8, 4) is 0 Å². The zero-order valence-corrected chi connectivity index (χ0v) is 18.4. The fourth-order valence-corrected chi connectivity index (χ4v) is 4.36. The van der Waals surface area contributed by atoms with Crippen molar-refractivity contribution in [2.24, 2.45) is 4.99 Å². The van der Waals surface area contributed by atoms with E-state index in [4.69, 9.17) is 11.6 Å². The zero-order chi connectivity index (χ0) is 21.5. The summed E-state index contributed by atoms with van der Waals surface area (Å²) in [5.74, 6) is -0.273. The average Bonchev–Trinajstić information content (AvgIpc) is 3.00. The summed E-state index contributed by atoms with van der Waals surface area (Å²) in [7, 11) is 0. The number of hydrogen-bond acceptors (Lipinski definition) is 4. The van der Waals surface area contributed by atoms with Gasteiger partial charge >= 0.3 is 0 Å². The van der Waals surface area contributed by atoms with Gasteiger partial charge in [-0.05, 0) is 36.6 Å². The van der Waals surface area contributed by atoms with Gasteiger partial charge in [0.25, 0.3) is 0 Å². The van der Waals surface area contributed by atoms with E-state index in [2.05, 4.69) is 16.9 Å². The van der Waals surface area contributed by atoms with Gasteiger partial charge in [-0.25, -0.2) is 4.99 Å². The Morgan fingerprint density at radius 2 is 2.07 bits per heavy atom. The third kappa shape index (κ3) is 5.74. The van der Waals surface area contributed by atoms with Crippen LogP contribution in [0.2, 0.25) is 5.02 Å². The lowest BCUT2D eigenvalue weighted by Crippen LogP contribution is -2.35. The third-order valence-electron chi connectivity index (χ3n) is 4.66. The highest BCUT2D eigenvalue weighted by molar-refractivity contribution is 8.15. The Kier molecular flexibility index (Phi) is 7.71. The number of benzene rings is 2. The maximum absolute atomic E-state index is 12.8. The topological polar surface area (TPSA) is 61.8 Å². The first kappa shape index (κ1) is 22.1. The molecular weight excluding hydrogens is 418 g/mol. The maximum atomic E-state index is 12.8. The number of hydrogen-bond donors (Lipinski definition) is 1. The number of amides is 2. The quantitative estimate of drug-likeness (QED) is 0.613. The predicted octanol–water partition coefficient (Wildman–Crippen LogP) is 4.51. The molecule has 2 aromatic carbocycles. The molecule has 0 aliphatic carbocycles. The molecule has 0 unspecified atom stereocenters. The van der Waals surface area contributed by atoms with Gasteiger partial charge in [0.1, 0.15) is 5.25 Å². The second-order valence-corrected chi connectivity index (χ2v) is 8.54. The second-order valence-electron chi connectivity index (χ2n) is 6.96. The van der Waals surface area contributed by atoms with E-state index in [1.165, 1.54) is 11.8 Å². The summed E-state index contributed by atoms with van der Waals surface area (Å²) in [4.78, 5) is 31.3. The molecule has 156 valence electrons. The number of nitrogens with one attached hydrogen (secondary N) is 1. The SMILES string of the molecule is C=CCN1C(=O)[C@@H](CC(=O)NCCc2ccccc2)SC1=Nc1ccc(C)c(Cl)c1. The van der Waals surface area contributed by atoms with E-state index < -0.39 is 5.25 Å². The molecule has 30 heavy (non-hydrogen) atoms. The molecule has 1 aliphatic rings. The van der Waals surface area contributed by atoms with Crippen molar-refractivity contribution >= 4 is 46.0 Å². The van der Waals surface area contributed by atoms with E-state index in [1.54, 1.807) is 17.0 Å². The monoisotopic (exact) mass is 441 g/mol. The lowest BCUT2D eigenvalue weighted by Gasteiger charge is -2.14. The van der Waals surface area contributed by atoms with E-state index in [0.29, 0.717) is 29.0 Å². The largest absolute Gasteiger partial charge is 0.356 e. The molecule has 2 amide bonds. The summed E-state index contributed by atoms with van der Waals surface area (Å²) in [6, 6.07) is 15.5. The minimum Gasteiger partial charge on any atom is -0.356 e. The molecule has 5 nitrogen and oxygen atoms in total. The molecule has 3 rings (SSSR count). The van der Waals surface area contributed by atoms with Gasteiger partial charge < -0.3 is 5.32 Å². The Bertz CT molecular complexity index is 962. The van der Waals surface area contributed by atoms with Gasteiger partial charge in [-0.15, -0.1) is 6.58 Å². The number of amidine groups is 1. The summed E-state index contributed by atoms with van der Waals surface area (Å²) in [5, 5.41) is 3.58. The van der Waals surface area contributed by atoms with Crippen LogP contribution in [-0.4, -0.2) is 40.2 Å². The second kappa shape index (κ2) is 10.5. The fourth-order valence-electron chi connectivity index (χ4n) is 3.02. The molecule has 1 fully saturated rings. The lowest BCUT2D eigenvalue weighted by atomic mass is 10.1. The lowest BCUT2D eigenvalue weighted by molar-refractivity contribution is -0.129. The molecule has 2 aromatic rings. The summed E-state index contributed by atoms with van der Waals surface area (Å²) in [6.07, 6.45) is 2.51. The number of carbonyl (C=O) groups excluding carboxylic acids is 2. The van der Waals surface area contributed by atoms with Crippen LogP contribution in [-0.2, 0) is 16.0 Å². The molecule has 1 saturated heterocycles. The summed E-state index contributed by atoms with van der Waals surface area (Å²) < 4.78 is 0. The first-order chi connectivity index (χ1) is 14.5. The van der Waals surface area contributed by atoms with E-state index in [-0.39, 0.29) is 18.2 Å². The number of aliphatic imine (C=N–C) groups is 1. The van der Waals surface area contributed by atoms with Crippen LogP contribution in [0.4, 0.5) is 5.69 Å². The molecule has 0 saturated carbocycles. The summed E-state index contributed by atoms with van der Waals surface area (Å²) >= 11 is 7.49. The van der Waals surface area contributed by atoms with Crippen molar-refractivity contribution in [2.75, 3.05) is 13.1 Å². The van der Waals surface area contributed by atoms with Crippen LogP contribution in [0.25, 0.3) is 0 Å². The van der Waals surface area contributed by atoms with Crippen LogP contribution in [0.1, 0.15) is 17.5 Å². The molecule has 1 aliphatic heterocycles. The van der Waals surface area contributed by atoms with Gasteiger partial charge in [-0.2, -0.15) is 0 Å². The minimum absolute atomic E-state index is 0.111. The number of thioether (sulfide) groups is 1. The van der Waals surface area contributed by atoms with Gasteiger partial charge in [-0.3, -0.25) is 14.5 Å². The summed E-state index contributed by atoms with van der Waals surface area (Å²) in [5.41, 5.74) is 2.79. The van der Waals surface area contributed by atoms with Crippen molar-refractivity contribution in [1.29, 1.82) is 0 Å². The van der Waals surface area contributed by atoms with E-state index in [1.807, 2.05) is 49.4 Å². The smallest absolute Gasteiger partial charge is 0.242 e. The molecule has 7 heteroatoms. The molecule has 1 heterocycles. The molecular formula is C23H24ClN3O2S. The molecule has 1 N–H and O–H groups in total. The van der Waals surface area contributed by atoms with Crippen molar-refractivity contribution in [2.45, 2.75) is 25.0 Å². The van der Waals surface area contributed by atoms with Crippen molar-refractivity contribution in [1.82, 2.24) is 10.2 Å². The molecule has 0 radical (unpaired) electrons. The first-order valence-electron chi connectivity index (χ1n) is 9.72. The Morgan fingerprint density at radius 1 is 1.30 bits per heavy atom. The van der Waals surface area contributed by atoms with Gasteiger partial charge in [0.05, 0.1) is 5.69 Å². The van der Waals surface area contributed by atoms with Crippen LogP contribution < -0.4 is 5.32 Å². The van der Waals surface area contributed by atoms with Gasteiger partial charge in [0, 0.05) is 24.5 Å². The normalized spacial score (nSPS) is 17.4. The first-order valence-corrected chi connectivity index (χ1v) is 11.0. The minimum atomic E-state index is -0.499. The molecule has 0 aromatic heterocycles. The molecule has 0 spiro atoms. The van der Waals surface area contributed by atoms with Crippen molar-refractivity contribution in [3.63, 3.8) is 0 Å². The zero-order valence-electron chi connectivity index (χ0n) is 16.8. The number of nitrogens with zero attached hydrogens (tertiary/aromatic N) is 2. The van der Waals surface area contributed by atoms with Crippen LogP contribution in [0.3, 0.4) is 0 Å². The highest BCUT2D eigenvalue weighted by Gasteiger charge is 2.38. The maximum Gasteiger partial charge on any atom is 0.242 e. The number of carbonyl (C=O) groups is 2. The van der Waals surface area contributed by atoms with Crippen LogP contribution >= 0.6 is 23.4 Å². The van der Waals surface area contributed by atoms with Crippen LogP contribution in [0.5, 0.6) is 0 Å². The van der Waals surface area contributed by atoms with Crippen molar-refractivity contribution < 1.29 is 9.59 Å². The fraction of sp³-hybridized carbons (Fsp3) is 0.261. The van der Waals surface area contributed by atoms with Gasteiger partial charge in [0.15, 0.2) is 5.17 Å².